The summed E-state index contributed by atoms with van der Waals surface area (Å²) in [6.45, 7) is 2.41. The van der Waals surface area contributed by atoms with Gasteiger partial charge in [-0.15, -0.1) is 11.3 Å². The predicted molar refractivity (Wildman–Crippen MR) is 152 cm³/mol. The van der Waals surface area contributed by atoms with Gasteiger partial charge in [-0.25, -0.2) is 4.98 Å². The third kappa shape index (κ3) is 4.49. The lowest BCUT2D eigenvalue weighted by molar-refractivity contribution is 0.103. The Hall–Kier alpha value is -3.36. The smallest absolute Gasteiger partial charge is 0.268 e. The Morgan fingerprint density at radius 2 is 1.73 bits per heavy atom. The van der Waals surface area contributed by atoms with Crippen LogP contribution >= 0.6 is 46.1 Å². The Labute approximate surface area is 231 Å². The number of imidazole rings is 1. The summed E-state index contributed by atoms with van der Waals surface area (Å²) in [5.41, 5.74) is 3.55. The first kappa shape index (κ1) is 24.0. The van der Waals surface area contributed by atoms with Gasteiger partial charge in [-0.2, -0.15) is 9.78 Å². The van der Waals surface area contributed by atoms with Crippen molar-refractivity contribution >= 4 is 79.0 Å². The molecule has 0 saturated carbocycles. The number of nitrogens with one attached hydrogen (secondary N) is 1. The molecule has 3 aromatic carbocycles. The molecular formula is C27H18Cl3N5OS. The molecule has 1 amide bonds. The number of amides is 1. The minimum Gasteiger partial charge on any atom is -0.306 e. The van der Waals surface area contributed by atoms with Crippen LogP contribution in [0.3, 0.4) is 0 Å². The zero-order valence-electron chi connectivity index (χ0n) is 19.4. The highest BCUT2D eigenvalue weighted by Crippen LogP contribution is 2.37. The van der Waals surface area contributed by atoms with Crippen molar-refractivity contribution in [1.29, 1.82) is 0 Å². The normalized spacial score (nSPS) is 11.5. The molecule has 3 aromatic heterocycles. The quantitative estimate of drug-likeness (QED) is 0.230. The van der Waals surface area contributed by atoms with Gasteiger partial charge in [0.15, 0.2) is 0 Å². The average Bonchev–Trinajstić information content (AvgIpc) is 3.53. The lowest BCUT2D eigenvalue weighted by Crippen LogP contribution is -2.17. The summed E-state index contributed by atoms with van der Waals surface area (Å²) in [6, 6.07) is 22.8. The zero-order chi connectivity index (χ0) is 25.7. The Morgan fingerprint density at radius 3 is 2.54 bits per heavy atom. The molecule has 0 bridgehead atoms. The molecule has 0 unspecified atom stereocenters. The number of halogens is 3. The van der Waals surface area contributed by atoms with Crippen molar-refractivity contribution in [3.8, 4) is 5.95 Å². The molecule has 0 aliphatic heterocycles. The molecule has 0 atom stereocenters. The number of benzene rings is 3. The number of nitrogens with zero attached hydrogens (tertiary/aromatic N) is 4. The maximum atomic E-state index is 13.4. The van der Waals surface area contributed by atoms with Gasteiger partial charge in [0, 0.05) is 26.2 Å². The van der Waals surface area contributed by atoms with Crippen molar-refractivity contribution in [2.45, 2.75) is 13.5 Å². The van der Waals surface area contributed by atoms with E-state index in [2.05, 4.69) is 15.0 Å². The van der Waals surface area contributed by atoms with Crippen molar-refractivity contribution in [2.24, 2.45) is 0 Å². The van der Waals surface area contributed by atoms with Gasteiger partial charge in [-0.3, -0.25) is 4.79 Å². The van der Waals surface area contributed by atoms with Crippen LogP contribution in [0.15, 0.2) is 72.8 Å². The van der Waals surface area contributed by atoms with Crippen LogP contribution in [0.4, 0.5) is 5.82 Å². The van der Waals surface area contributed by atoms with E-state index in [0.717, 1.165) is 32.4 Å². The second kappa shape index (κ2) is 9.50. The number of hydrogen-bond acceptors (Lipinski definition) is 4. The van der Waals surface area contributed by atoms with Crippen molar-refractivity contribution in [2.75, 3.05) is 5.32 Å². The lowest BCUT2D eigenvalue weighted by Gasteiger charge is -2.12. The zero-order valence-corrected chi connectivity index (χ0v) is 22.5. The van der Waals surface area contributed by atoms with Gasteiger partial charge in [-0.1, -0.05) is 65.1 Å². The number of para-hydroxylation sites is 2. The van der Waals surface area contributed by atoms with Gasteiger partial charge in [0.25, 0.3) is 5.91 Å². The Balaban J connectivity index is 1.42. The monoisotopic (exact) mass is 565 g/mol. The van der Waals surface area contributed by atoms with Crippen LogP contribution in [0.25, 0.3) is 27.1 Å². The van der Waals surface area contributed by atoms with E-state index in [1.807, 2.05) is 67.6 Å². The predicted octanol–water partition coefficient (Wildman–Crippen LogP) is 8.01. The fourth-order valence-electron chi connectivity index (χ4n) is 4.25. The van der Waals surface area contributed by atoms with Crippen molar-refractivity contribution in [3.63, 3.8) is 0 Å². The second-order valence-corrected chi connectivity index (χ2v) is 10.8. The van der Waals surface area contributed by atoms with Gasteiger partial charge in [0.1, 0.15) is 10.7 Å². The maximum absolute atomic E-state index is 13.4. The number of hydrogen-bond donors (Lipinski definition) is 1. The van der Waals surface area contributed by atoms with Gasteiger partial charge in [0.2, 0.25) is 5.95 Å². The first-order valence-electron chi connectivity index (χ1n) is 11.3. The summed E-state index contributed by atoms with van der Waals surface area (Å²) in [6.07, 6.45) is 0. The fraction of sp³-hybridized carbons (Fsp3) is 0.0741. The summed E-state index contributed by atoms with van der Waals surface area (Å²) >= 11 is 20.1. The van der Waals surface area contributed by atoms with Crippen LogP contribution in [-0.4, -0.2) is 25.2 Å². The Kier molecular flexibility index (Phi) is 6.16. The van der Waals surface area contributed by atoms with Gasteiger partial charge in [-0.05, 0) is 48.9 Å². The molecule has 0 radical (unpaired) electrons. The highest BCUT2D eigenvalue weighted by atomic mass is 35.5. The standard InChI is InChI=1S/C27H18Cl3N5OS/c1-15-12-23(32-26(36)25-24(30)19-11-10-18(29)13-22(19)37-25)35(33-15)27-31-20-4-2-3-5-21(20)34(27)14-16-6-8-17(28)9-7-16/h2-13H,14H2,1H3,(H,32,36). The topological polar surface area (TPSA) is 64.7 Å². The summed E-state index contributed by atoms with van der Waals surface area (Å²) in [7, 11) is 0. The Bertz CT molecular complexity index is 1800. The van der Waals surface area contributed by atoms with Gasteiger partial charge in [0.05, 0.1) is 28.3 Å². The van der Waals surface area contributed by atoms with Gasteiger partial charge < -0.3 is 9.88 Å². The first-order valence-corrected chi connectivity index (χ1v) is 13.3. The minimum atomic E-state index is -0.330. The summed E-state index contributed by atoms with van der Waals surface area (Å²) in [4.78, 5) is 18.6. The van der Waals surface area contributed by atoms with E-state index in [-0.39, 0.29) is 5.91 Å². The summed E-state index contributed by atoms with van der Waals surface area (Å²) < 4.78 is 4.56. The van der Waals surface area contributed by atoms with E-state index in [1.54, 1.807) is 16.8 Å². The largest absolute Gasteiger partial charge is 0.306 e. The van der Waals surface area contributed by atoms with Crippen LogP contribution in [0.5, 0.6) is 0 Å². The molecule has 6 nitrogen and oxygen atoms in total. The third-order valence-corrected chi connectivity index (χ3v) is 8.09. The maximum Gasteiger partial charge on any atom is 0.268 e. The van der Waals surface area contributed by atoms with E-state index >= 15 is 0 Å². The molecule has 0 spiro atoms. The molecule has 37 heavy (non-hydrogen) atoms. The number of aromatic nitrogens is 4. The van der Waals surface area contributed by atoms with E-state index in [9.17, 15) is 4.79 Å². The van der Waals surface area contributed by atoms with Crippen LogP contribution in [0.2, 0.25) is 15.1 Å². The Morgan fingerprint density at radius 1 is 0.973 bits per heavy atom. The van der Waals surface area contributed by atoms with E-state index < -0.39 is 0 Å². The number of fused-ring (bicyclic) bond motifs is 2. The molecule has 6 aromatic rings. The van der Waals surface area contributed by atoms with Crippen molar-refractivity contribution in [1.82, 2.24) is 19.3 Å². The van der Waals surface area contributed by atoms with E-state index in [0.29, 0.717) is 38.3 Å². The van der Waals surface area contributed by atoms with E-state index in [4.69, 9.17) is 39.8 Å². The average molecular weight is 567 g/mol. The van der Waals surface area contributed by atoms with Crippen LogP contribution in [-0.2, 0) is 6.54 Å². The fourth-order valence-corrected chi connectivity index (χ4v) is 6.07. The number of thiophene rings is 1. The number of carbonyl (C=O) groups is 1. The highest BCUT2D eigenvalue weighted by Gasteiger charge is 2.22. The molecule has 10 heteroatoms. The highest BCUT2D eigenvalue weighted by molar-refractivity contribution is 7.21. The molecule has 6 rings (SSSR count). The van der Waals surface area contributed by atoms with Crippen molar-refractivity contribution < 1.29 is 4.79 Å². The number of anilines is 1. The number of rotatable bonds is 5. The molecule has 0 saturated heterocycles. The molecule has 184 valence electrons. The summed E-state index contributed by atoms with van der Waals surface area (Å²) in [5, 5.41) is 10.1. The van der Waals surface area contributed by atoms with Crippen LogP contribution < -0.4 is 5.32 Å². The molecule has 0 fully saturated rings. The first-order chi connectivity index (χ1) is 17.9. The molecule has 0 aliphatic carbocycles. The third-order valence-electron chi connectivity index (χ3n) is 5.95. The molecule has 3 heterocycles. The SMILES string of the molecule is Cc1cc(NC(=O)c2sc3cc(Cl)ccc3c2Cl)n(-c2nc3ccccc3n2Cc2ccc(Cl)cc2)n1. The van der Waals surface area contributed by atoms with Crippen molar-refractivity contribution in [3.05, 3.63) is 104 Å². The number of aryl methyl sites for hydroxylation is 1. The number of carbonyl (C=O) groups excluding carboxylic acids is 1. The van der Waals surface area contributed by atoms with Crippen LogP contribution in [0.1, 0.15) is 20.9 Å². The van der Waals surface area contributed by atoms with Gasteiger partial charge >= 0.3 is 0 Å². The molecule has 0 aliphatic rings. The minimum absolute atomic E-state index is 0.330. The second-order valence-electron chi connectivity index (χ2n) is 8.54. The lowest BCUT2D eigenvalue weighted by atomic mass is 10.2. The van der Waals surface area contributed by atoms with Crippen LogP contribution in [0, 0.1) is 6.92 Å². The summed E-state index contributed by atoms with van der Waals surface area (Å²) in [5.74, 6) is 0.735. The molecule has 1 N–H and O–H groups in total. The molecular weight excluding hydrogens is 549 g/mol. The van der Waals surface area contributed by atoms with E-state index in [1.165, 1.54) is 11.3 Å².